The normalized spacial score (nSPS) is 10.7. The molecule has 0 atom stereocenters. The minimum atomic E-state index is -0.222. The Kier molecular flexibility index (Phi) is 2.29. The van der Waals surface area contributed by atoms with Crippen LogP contribution < -0.4 is 10.5 Å². The SMILES string of the molecule is CCOc1cc(N)c2cc(F)sc2c1. The Morgan fingerprint density at radius 2 is 2.21 bits per heavy atom. The summed E-state index contributed by atoms with van der Waals surface area (Å²) in [4.78, 5) is 0. The van der Waals surface area contributed by atoms with E-state index in [-0.39, 0.29) is 5.13 Å². The molecule has 2 aromatic rings. The molecule has 14 heavy (non-hydrogen) atoms. The van der Waals surface area contributed by atoms with Crippen LogP contribution in [0.4, 0.5) is 10.1 Å². The van der Waals surface area contributed by atoms with Gasteiger partial charge in [0, 0.05) is 21.8 Å². The summed E-state index contributed by atoms with van der Waals surface area (Å²) in [5.41, 5.74) is 6.32. The highest BCUT2D eigenvalue weighted by atomic mass is 32.1. The Morgan fingerprint density at radius 3 is 2.93 bits per heavy atom. The van der Waals surface area contributed by atoms with E-state index in [1.807, 2.05) is 13.0 Å². The smallest absolute Gasteiger partial charge is 0.177 e. The van der Waals surface area contributed by atoms with E-state index >= 15 is 0 Å². The zero-order chi connectivity index (χ0) is 10.1. The highest BCUT2D eigenvalue weighted by Crippen LogP contribution is 2.33. The van der Waals surface area contributed by atoms with Gasteiger partial charge in [0.1, 0.15) is 5.75 Å². The Bertz CT molecular complexity index is 466. The van der Waals surface area contributed by atoms with Gasteiger partial charge in [-0.05, 0) is 19.1 Å². The molecule has 2 rings (SSSR count). The van der Waals surface area contributed by atoms with Crippen molar-refractivity contribution < 1.29 is 9.13 Å². The van der Waals surface area contributed by atoms with E-state index in [0.717, 1.165) is 21.4 Å². The molecule has 0 aliphatic carbocycles. The highest BCUT2D eigenvalue weighted by molar-refractivity contribution is 7.17. The summed E-state index contributed by atoms with van der Waals surface area (Å²) in [6.45, 7) is 2.48. The number of fused-ring (bicyclic) bond motifs is 1. The third-order valence-corrected chi connectivity index (χ3v) is 2.79. The van der Waals surface area contributed by atoms with Crippen molar-refractivity contribution in [3.63, 3.8) is 0 Å². The van der Waals surface area contributed by atoms with Gasteiger partial charge in [-0.3, -0.25) is 0 Å². The molecule has 1 aromatic heterocycles. The van der Waals surface area contributed by atoms with Gasteiger partial charge in [0.25, 0.3) is 0 Å². The number of rotatable bonds is 2. The predicted molar refractivity (Wildman–Crippen MR) is 57.4 cm³/mol. The van der Waals surface area contributed by atoms with Crippen molar-refractivity contribution >= 4 is 27.1 Å². The molecule has 1 heterocycles. The molecule has 0 unspecified atom stereocenters. The van der Waals surface area contributed by atoms with Crippen molar-refractivity contribution in [2.24, 2.45) is 0 Å². The van der Waals surface area contributed by atoms with Crippen molar-refractivity contribution in [1.29, 1.82) is 0 Å². The maximum Gasteiger partial charge on any atom is 0.177 e. The van der Waals surface area contributed by atoms with Gasteiger partial charge in [0.15, 0.2) is 5.13 Å². The number of nitrogens with two attached hydrogens (primary N) is 1. The van der Waals surface area contributed by atoms with E-state index in [1.165, 1.54) is 6.07 Å². The number of hydrogen-bond donors (Lipinski definition) is 1. The number of hydrogen-bond acceptors (Lipinski definition) is 3. The molecule has 2 nitrogen and oxygen atoms in total. The molecule has 0 radical (unpaired) electrons. The van der Waals surface area contributed by atoms with Crippen LogP contribution in [0.5, 0.6) is 5.75 Å². The first-order valence-electron chi connectivity index (χ1n) is 4.32. The molecule has 0 spiro atoms. The molecule has 0 aliphatic rings. The lowest BCUT2D eigenvalue weighted by Crippen LogP contribution is -1.93. The molecular formula is C10H10FNOS. The fraction of sp³-hybridized carbons (Fsp3) is 0.200. The third-order valence-electron chi connectivity index (χ3n) is 1.92. The number of halogens is 1. The molecule has 74 valence electrons. The number of thiophene rings is 1. The Balaban J connectivity index is 2.59. The maximum absolute atomic E-state index is 12.9. The van der Waals surface area contributed by atoms with Crippen molar-refractivity contribution in [2.45, 2.75) is 6.92 Å². The summed E-state index contributed by atoms with van der Waals surface area (Å²) in [5.74, 6) is 0.694. The van der Waals surface area contributed by atoms with Crippen LogP contribution in [0, 0.1) is 5.13 Å². The summed E-state index contributed by atoms with van der Waals surface area (Å²) in [7, 11) is 0. The van der Waals surface area contributed by atoms with E-state index in [4.69, 9.17) is 10.5 Å². The predicted octanol–water partition coefficient (Wildman–Crippen LogP) is 3.02. The summed E-state index contributed by atoms with van der Waals surface area (Å²) in [6.07, 6.45) is 0. The summed E-state index contributed by atoms with van der Waals surface area (Å²) in [6, 6.07) is 4.98. The van der Waals surface area contributed by atoms with Gasteiger partial charge in [-0.15, -0.1) is 11.3 Å². The van der Waals surface area contributed by atoms with Gasteiger partial charge in [0.2, 0.25) is 0 Å². The van der Waals surface area contributed by atoms with Crippen LogP contribution in [-0.4, -0.2) is 6.61 Å². The summed E-state index contributed by atoms with van der Waals surface area (Å²) < 4.78 is 19.1. The van der Waals surface area contributed by atoms with E-state index in [9.17, 15) is 4.39 Å². The lowest BCUT2D eigenvalue weighted by atomic mass is 10.2. The van der Waals surface area contributed by atoms with Crippen LogP contribution >= 0.6 is 11.3 Å². The summed E-state index contributed by atoms with van der Waals surface area (Å²) >= 11 is 1.08. The monoisotopic (exact) mass is 211 g/mol. The van der Waals surface area contributed by atoms with Gasteiger partial charge in [-0.25, -0.2) is 0 Å². The largest absolute Gasteiger partial charge is 0.494 e. The molecule has 0 aliphatic heterocycles. The second-order valence-electron chi connectivity index (χ2n) is 2.91. The van der Waals surface area contributed by atoms with E-state index < -0.39 is 0 Å². The zero-order valence-electron chi connectivity index (χ0n) is 7.71. The quantitative estimate of drug-likeness (QED) is 0.775. The minimum Gasteiger partial charge on any atom is -0.494 e. The van der Waals surface area contributed by atoms with Gasteiger partial charge >= 0.3 is 0 Å². The Labute approximate surface area is 85.1 Å². The maximum atomic E-state index is 12.9. The molecule has 2 N–H and O–H groups in total. The van der Waals surface area contributed by atoms with E-state index in [1.54, 1.807) is 6.07 Å². The molecular weight excluding hydrogens is 201 g/mol. The Morgan fingerprint density at radius 1 is 1.43 bits per heavy atom. The van der Waals surface area contributed by atoms with Crippen molar-refractivity contribution in [3.8, 4) is 5.75 Å². The van der Waals surface area contributed by atoms with E-state index in [0.29, 0.717) is 18.0 Å². The number of benzene rings is 1. The average molecular weight is 211 g/mol. The molecule has 0 saturated heterocycles. The van der Waals surface area contributed by atoms with E-state index in [2.05, 4.69) is 0 Å². The van der Waals surface area contributed by atoms with Gasteiger partial charge in [0.05, 0.1) is 6.61 Å². The lowest BCUT2D eigenvalue weighted by Gasteiger charge is -2.04. The van der Waals surface area contributed by atoms with Gasteiger partial charge in [-0.2, -0.15) is 4.39 Å². The number of anilines is 1. The third kappa shape index (κ3) is 1.53. The van der Waals surface area contributed by atoms with Crippen molar-refractivity contribution in [3.05, 3.63) is 23.3 Å². The van der Waals surface area contributed by atoms with Crippen molar-refractivity contribution in [2.75, 3.05) is 12.3 Å². The van der Waals surface area contributed by atoms with Crippen LogP contribution in [0.15, 0.2) is 18.2 Å². The number of ether oxygens (including phenoxy) is 1. The second kappa shape index (κ2) is 3.46. The minimum absolute atomic E-state index is 0.222. The fourth-order valence-electron chi connectivity index (χ4n) is 1.36. The molecule has 1 aromatic carbocycles. The first-order valence-corrected chi connectivity index (χ1v) is 5.13. The lowest BCUT2D eigenvalue weighted by molar-refractivity contribution is 0.341. The fourth-order valence-corrected chi connectivity index (χ4v) is 2.21. The standard InChI is InChI=1S/C10H10FNOS/c1-2-13-6-3-8(12)7-5-10(11)14-9(7)4-6/h3-5H,2,12H2,1H3. The summed E-state index contributed by atoms with van der Waals surface area (Å²) in [5, 5.41) is 0.538. The molecule has 4 heteroatoms. The first kappa shape index (κ1) is 9.27. The highest BCUT2D eigenvalue weighted by Gasteiger charge is 2.06. The van der Waals surface area contributed by atoms with Crippen LogP contribution in [0.2, 0.25) is 0 Å². The molecule has 0 bridgehead atoms. The second-order valence-corrected chi connectivity index (χ2v) is 3.94. The van der Waals surface area contributed by atoms with Gasteiger partial charge in [-0.1, -0.05) is 0 Å². The molecule has 0 saturated carbocycles. The first-order chi connectivity index (χ1) is 6.70. The molecule has 0 amide bonds. The molecule has 0 fully saturated rings. The van der Waals surface area contributed by atoms with Crippen LogP contribution in [0.25, 0.3) is 10.1 Å². The topological polar surface area (TPSA) is 35.2 Å². The van der Waals surface area contributed by atoms with Crippen LogP contribution in [0.3, 0.4) is 0 Å². The average Bonchev–Trinajstić information content (AvgIpc) is 2.47. The van der Waals surface area contributed by atoms with Crippen LogP contribution in [0.1, 0.15) is 6.92 Å². The zero-order valence-corrected chi connectivity index (χ0v) is 8.53. The van der Waals surface area contributed by atoms with Crippen molar-refractivity contribution in [1.82, 2.24) is 0 Å². The number of nitrogen functional groups attached to an aromatic ring is 1. The van der Waals surface area contributed by atoms with Crippen LogP contribution in [-0.2, 0) is 0 Å². The van der Waals surface area contributed by atoms with Gasteiger partial charge < -0.3 is 10.5 Å². The Hall–Kier alpha value is -1.29.